The van der Waals surface area contributed by atoms with E-state index in [0.717, 1.165) is 0 Å². The summed E-state index contributed by atoms with van der Waals surface area (Å²) >= 11 is 0. The highest BCUT2D eigenvalue weighted by molar-refractivity contribution is 5.90. The maximum Gasteiger partial charge on any atom is 0.328 e. The van der Waals surface area contributed by atoms with Crippen LogP contribution in [0.4, 0.5) is 6.01 Å². The second-order valence-corrected chi connectivity index (χ2v) is 3.50. The molecule has 0 bridgehead atoms. The molecule has 2 rings (SSSR count). The normalized spacial score (nSPS) is 10.2. The molecule has 1 amide bonds. The van der Waals surface area contributed by atoms with Crippen molar-refractivity contribution in [2.75, 3.05) is 5.32 Å². The van der Waals surface area contributed by atoms with Gasteiger partial charge in [0.1, 0.15) is 5.75 Å². The van der Waals surface area contributed by atoms with Crippen molar-refractivity contribution in [3.63, 3.8) is 0 Å². The molecule has 0 radical (unpaired) electrons. The molecule has 2 aromatic rings. The second kappa shape index (κ2) is 4.65. The Hall–Kier alpha value is -2.37. The van der Waals surface area contributed by atoms with E-state index in [1.165, 1.54) is 6.07 Å². The molecule has 0 saturated heterocycles. The minimum absolute atomic E-state index is 0.0497. The lowest BCUT2D eigenvalue weighted by Crippen LogP contribution is -2.14. The molecule has 0 spiro atoms. The predicted molar refractivity (Wildman–Crippen MR) is 59.5 cm³/mol. The molecule has 17 heavy (non-hydrogen) atoms. The number of hydrogen-bond donors (Lipinski definition) is 2. The summed E-state index contributed by atoms with van der Waals surface area (Å²) in [5.74, 6) is 0.211. The molecule has 0 fully saturated rings. The van der Waals surface area contributed by atoms with Crippen molar-refractivity contribution in [1.82, 2.24) is 10.1 Å². The zero-order valence-corrected chi connectivity index (χ0v) is 9.17. The van der Waals surface area contributed by atoms with E-state index in [2.05, 4.69) is 15.5 Å². The smallest absolute Gasteiger partial charge is 0.328 e. The average molecular weight is 233 g/mol. The number of nitrogens with zero attached hydrogens (tertiary/aromatic N) is 2. The van der Waals surface area contributed by atoms with Gasteiger partial charge in [-0.2, -0.15) is 4.98 Å². The number of para-hydroxylation sites is 1. The maximum absolute atomic E-state index is 11.6. The summed E-state index contributed by atoms with van der Waals surface area (Å²) in [6, 6.07) is 6.70. The Bertz CT molecular complexity index is 536. The quantitative estimate of drug-likeness (QED) is 0.833. The molecule has 1 aromatic heterocycles. The first-order valence-corrected chi connectivity index (χ1v) is 5.02. The maximum atomic E-state index is 11.6. The van der Waals surface area contributed by atoms with Gasteiger partial charge >= 0.3 is 6.01 Å². The van der Waals surface area contributed by atoms with Gasteiger partial charge in [0.2, 0.25) is 5.91 Å². The summed E-state index contributed by atoms with van der Waals surface area (Å²) in [5.41, 5.74) is 0.543. The van der Waals surface area contributed by atoms with Gasteiger partial charge in [-0.25, -0.2) is 0 Å². The van der Waals surface area contributed by atoms with Crippen LogP contribution >= 0.6 is 0 Å². The number of aryl methyl sites for hydroxylation is 1. The van der Waals surface area contributed by atoms with Crippen LogP contribution in [0.5, 0.6) is 5.75 Å². The average Bonchev–Trinajstić information content (AvgIpc) is 2.67. The van der Waals surface area contributed by atoms with E-state index in [-0.39, 0.29) is 24.1 Å². The van der Waals surface area contributed by atoms with Crippen LogP contribution in [0.15, 0.2) is 28.8 Å². The van der Waals surface area contributed by atoms with E-state index in [0.29, 0.717) is 11.4 Å². The van der Waals surface area contributed by atoms with Gasteiger partial charge in [-0.05, 0) is 13.0 Å². The molecule has 1 aromatic carbocycles. The van der Waals surface area contributed by atoms with Crippen LogP contribution in [-0.4, -0.2) is 21.2 Å². The molecule has 0 saturated carbocycles. The zero-order chi connectivity index (χ0) is 12.3. The summed E-state index contributed by atoms with van der Waals surface area (Å²) in [6.07, 6.45) is 0.0497. The van der Waals surface area contributed by atoms with Crippen molar-refractivity contribution in [1.29, 1.82) is 0 Å². The Morgan fingerprint density at radius 1 is 1.47 bits per heavy atom. The lowest BCUT2D eigenvalue weighted by atomic mass is 10.1. The monoisotopic (exact) mass is 233 g/mol. The van der Waals surface area contributed by atoms with E-state index in [1.54, 1.807) is 25.1 Å². The number of amides is 1. The highest BCUT2D eigenvalue weighted by Gasteiger charge is 2.10. The molecule has 0 unspecified atom stereocenters. The molecular weight excluding hydrogens is 222 g/mol. The number of carbonyl (C=O) groups excluding carboxylic acids is 1. The Morgan fingerprint density at radius 3 is 2.88 bits per heavy atom. The third kappa shape index (κ3) is 2.81. The lowest BCUT2D eigenvalue weighted by molar-refractivity contribution is -0.115. The van der Waals surface area contributed by atoms with Crippen LogP contribution in [0.2, 0.25) is 0 Å². The Kier molecular flexibility index (Phi) is 3.04. The van der Waals surface area contributed by atoms with Crippen LogP contribution in [-0.2, 0) is 11.2 Å². The Labute approximate surface area is 97.3 Å². The van der Waals surface area contributed by atoms with Crippen molar-refractivity contribution in [2.24, 2.45) is 0 Å². The van der Waals surface area contributed by atoms with Crippen LogP contribution in [0, 0.1) is 6.92 Å². The van der Waals surface area contributed by atoms with Crippen LogP contribution < -0.4 is 5.32 Å². The third-order valence-electron chi connectivity index (χ3n) is 2.12. The summed E-state index contributed by atoms with van der Waals surface area (Å²) in [6.45, 7) is 1.65. The molecule has 1 heterocycles. The number of phenolic OH excluding ortho intramolecular Hbond substituents is 1. The van der Waals surface area contributed by atoms with Crippen molar-refractivity contribution in [2.45, 2.75) is 13.3 Å². The number of nitrogens with one attached hydrogen (secondary N) is 1. The number of anilines is 1. The SMILES string of the molecule is Cc1noc(NC(=O)Cc2ccccc2O)n1. The number of aromatic nitrogens is 2. The minimum Gasteiger partial charge on any atom is -0.508 e. The first kappa shape index (κ1) is 11.1. The Morgan fingerprint density at radius 2 is 2.24 bits per heavy atom. The van der Waals surface area contributed by atoms with Crippen LogP contribution in [0.3, 0.4) is 0 Å². The molecule has 6 nitrogen and oxygen atoms in total. The van der Waals surface area contributed by atoms with Crippen molar-refractivity contribution in [3.05, 3.63) is 35.7 Å². The third-order valence-corrected chi connectivity index (χ3v) is 2.12. The van der Waals surface area contributed by atoms with Gasteiger partial charge in [0.15, 0.2) is 5.82 Å². The summed E-state index contributed by atoms with van der Waals surface area (Å²) in [5, 5.41) is 15.5. The van der Waals surface area contributed by atoms with E-state index >= 15 is 0 Å². The number of benzene rings is 1. The zero-order valence-electron chi connectivity index (χ0n) is 9.17. The fourth-order valence-corrected chi connectivity index (χ4v) is 1.34. The highest BCUT2D eigenvalue weighted by Crippen LogP contribution is 2.16. The van der Waals surface area contributed by atoms with Gasteiger partial charge in [0.25, 0.3) is 0 Å². The van der Waals surface area contributed by atoms with Crippen LogP contribution in [0.1, 0.15) is 11.4 Å². The van der Waals surface area contributed by atoms with Crippen molar-refractivity contribution >= 4 is 11.9 Å². The van der Waals surface area contributed by atoms with Gasteiger partial charge in [0.05, 0.1) is 6.42 Å². The predicted octanol–water partition coefficient (Wildman–Crippen LogP) is 1.26. The largest absolute Gasteiger partial charge is 0.508 e. The lowest BCUT2D eigenvalue weighted by Gasteiger charge is -2.02. The van der Waals surface area contributed by atoms with Gasteiger partial charge in [0, 0.05) is 5.56 Å². The summed E-state index contributed by atoms with van der Waals surface area (Å²) < 4.78 is 4.75. The molecule has 88 valence electrons. The molecule has 6 heteroatoms. The van der Waals surface area contributed by atoms with E-state index in [4.69, 9.17) is 4.52 Å². The number of carbonyl (C=O) groups is 1. The van der Waals surface area contributed by atoms with Crippen molar-refractivity contribution < 1.29 is 14.4 Å². The Balaban J connectivity index is 2.01. The first-order valence-electron chi connectivity index (χ1n) is 5.02. The number of phenols is 1. The standard InChI is InChI=1S/C11H11N3O3/c1-7-12-11(17-14-7)13-10(16)6-8-4-2-3-5-9(8)15/h2-5,15H,6H2,1H3,(H,12,13,14,16). The molecule has 0 aliphatic heterocycles. The van der Waals surface area contributed by atoms with Crippen LogP contribution in [0.25, 0.3) is 0 Å². The van der Waals surface area contributed by atoms with Gasteiger partial charge in [-0.15, -0.1) is 0 Å². The highest BCUT2D eigenvalue weighted by atomic mass is 16.5. The topological polar surface area (TPSA) is 88.2 Å². The summed E-state index contributed by atoms with van der Waals surface area (Å²) in [4.78, 5) is 15.4. The van der Waals surface area contributed by atoms with Crippen molar-refractivity contribution in [3.8, 4) is 5.75 Å². The molecule has 0 aliphatic carbocycles. The minimum atomic E-state index is -0.324. The fourth-order valence-electron chi connectivity index (χ4n) is 1.34. The number of rotatable bonds is 3. The fraction of sp³-hybridized carbons (Fsp3) is 0.182. The van der Waals surface area contributed by atoms with Gasteiger partial charge in [-0.1, -0.05) is 23.4 Å². The second-order valence-electron chi connectivity index (χ2n) is 3.50. The number of hydrogen-bond acceptors (Lipinski definition) is 5. The molecular formula is C11H11N3O3. The molecule has 0 aliphatic rings. The van der Waals surface area contributed by atoms with Gasteiger partial charge < -0.3 is 9.63 Å². The molecule has 0 atom stereocenters. The molecule has 2 N–H and O–H groups in total. The first-order chi connectivity index (χ1) is 8.15. The van der Waals surface area contributed by atoms with E-state index in [9.17, 15) is 9.90 Å². The summed E-state index contributed by atoms with van der Waals surface area (Å²) in [7, 11) is 0. The van der Waals surface area contributed by atoms with Gasteiger partial charge in [-0.3, -0.25) is 10.1 Å². The number of aromatic hydroxyl groups is 1. The van der Waals surface area contributed by atoms with E-state index in [1.807, 2.05) is 0 Å². The van der Waals surface area contributed by atoms with E-state index < -0.39 is 0 Å².